The van der Waals surface area contributed by atoms with Crippen LogP contribution in [0.4, 0.5) is 18.3 Å². The van der Waals surface area contributed by atoms with Gasteiger partial charge in [0.05, 0.1) is 17.0 Å². The highest BCUT2D eigenvalue weighted by Gasteiger charge is 2.35. The molecule has 1 amide bonds. The first-order chi connectivity index (χ1) is 11.3. The van der Waals surface area contributed by atoms with E-state index in [2.05, 4.69) is 20.5 Å². The predicted octanol–water partition coefficient (Wildman–Crippen LogP) is 3.76. The van der Waals surface area contributed by atoms with Crippen LogP contribution in [0.3, 0.4) is 0 Å². The van der Waals surface area contributed by atoms with E-state index in [9.17, 15) is 18.0 Å². The van der Waals surface area contributed by atoms with E-state index in [-0.39, 0.29) is 22.9 Å². The Bertz CT molecular complexity index is 855. The minimum Gasteiger partial charge on any atom is -0.440 e. The Labute approximate surface area is 141 Å². The molecule has 6 nitrogen and oxygen atoms in total. The lowest BCUT2D eigenvalue weighted by Crippen LogP contribution is -2.15. The van der Waals surface area contributed by atoms with Gasteiger partial charge in [-0.3, -0.25) is 4.79 Å². The van der Waals surface area contributed by atoms with Crippen LogP contribution in [0.2, 0.25) is 0 Å². The minimum absolute atomic E-state index is 0.137. The van der Waals surface area contributed by atoms with E-state index in [1.54, 1.807) is 6.92 Å². The fourth-order valence-corrected chi connectivity index (χ4v) is 3.08. The first-order valence-corrected chi connectivity index (χ1v) is 8.23. The molecule has 126 valence electrons. The normalized spacial score (nSPS) is 11.7. The predicted molar refractivity (Wildman–Crippen MR) is 81.8 cm³/mol. The van der Waals surface area contributed by atoms with Gasteiger partial charge in [0.25, 0.3) is 0 Å². The van der Waals surface area contributed by atoms with Gasteiger partial charge in [0, 0.05) is 0 Å². The van der Waals surface area contributed by atoms with Gasteiger partial charge in [-0.1, -0.05) is 17.4 Å². The molecule has 0 aliphatic heterocycles. The summed E-state index contributed by atoms with van der Waals surface area (Å²) in [4.78, 5) is 17.0. The van der Waals surface area contributed by atoms with Crippen LogP contribution in [0.25, 0.3) is 10.8 Å². The average Bonchev–Trinajstić information content (AvgIpc) is 3.19. The van der Waals surface area contributed by atoms with Crippen LogP contribution < -0.4 is 5.32 Å². The minimum atomic E-state index is -4.58. The molecule has 0 fully saturated rings. The molecule has 3 rings (SSSR count). The maximum atomic E-state index is 12.4. The molecule has 0 aliphatic rings. The zero-order chi connectivity index (χ0) is 17.3. The Balaban J connectivity index is 1.68. The van der Waals surface area contributed by atoms with E-state index in [1.807, 2.05) is 17.5 Å². The molecule has 0 aromatic carbocycles. The number of hydrogen-bond donors (Lipinski definition) is 1. The molecular weight excluding hydrogens is 365 g/mol. The second-order valence-electron chi connectivity index (χ2n) is 4.63. The van der Waals surface area contributed by atoms with Gasteiger partial charge >= 0.3 is 6.18 Å². The number of halogens is 3. The molecule has 0 radical (unpaired) electrons. The van der Waals surface area contributed by atoms with Crippen molar-refractivity contribution in [1.82, 2.24) is 15.2 Å². The fourth-order valence-electron chi connectivity index (χ4n) is 1.80. The summed E-state index contributed by atoms with van der Waals surface area (Å²) in [7, 11) is 0. The topological polar surface area (TPSA) is 80.9 Å². The highest BCUT2D eigenvalue weighted by molar-refractivity contribution is 7.15. The van der Waals surface area contributed by atoms with Crippen LogP contribution in [0.5, 0.6) is 0 Å². The van der Waals surface area contributed by atoms with Gasteiger partial charge in [-0.2, -0.15) is 13.2 Å². The molecule has 3 heterocycles. The third kappa shape index (κ3) is 3.62. The molecule has 0 unspecified atom stereocenters. The monoisotopic (exact) mass is 374 g/mol. The number of carbonyl (C=O) groups is 1. The first-order valence-electron chi connectivity index (χ1n) is 6.53. The van der Waals surface area contributed by atoms with Crippen LogP contribution in [0.1, 0.15) is 16.5 Å². The fraction of sp³-hybridized carbons (Fsp3) is 0.231. The van der Waals surface area contributed by atoms with Gasteiger partial charge in [0.2, 0.25) is 21.9 Å². The zero-order valence-corrected chi connectivity index (χ0v) is 13.7. The summed E-state index contributed by atoms with van der Waals surface area (Å²) in [6.45, 7) is 1.67. The smallest absolute Gasteiger partial charge is 0.440 e. The Hall–Kier alpha value is -2.27. The number of amides is 1. The summed E-state index contributed by atoms with van der Waals surface area (Å²) in [6.07, 6.45) is -4.72. The number of nitrogens with zero attached hydrogens (tertiary/aromatic N) is 3. The molecule has 0 spiro atoms. The van der Waals surface area contributed by atoms with Crippen LogP contribution in [0, 0.1) is 6.92 Å². The second-order valence-corrected chi connectivity index (χ2v) is 6.56. The van der Waals surface area contributed by atoms with Crippen molar-refractivity contribution < 1.29 is 22.4 Å². The standard InChI is InChI=1S/C13H9F3N4O2S2/c1-6-7(17-10(22-6)8-3-2-4-23-8)5-9(21)18-12-20-19-11(24-12)13(14,15)16/h2-4H,5H2,1H3,(H,18,20,21). The number of nitrogens with one attached hydrogen (secondary N) is 1. The number of alkyl halides is 3. The number of thiophene rings is 1. The summed E-state index contributed by atoms with van der Waals surface area (Å²) in [5.41, 5.74) is 0.413. The molecule has 0 saturated heterocycles. The van der Waals surface area contributed by atoms with Gasteiger partial charge in [-0.15, -0.1) is 21.5 Å². The second kappa shape index (κ2) is 6.32. The lowest BCUT2D eigenvalue weighted by atomic mass is 10.2. The maximum absolute atomic E-state index is 12.4. The third-order valence-electron chi connectivity index (χ3n) is 2.87. The number of oxazole rings is 1. The molecule has 11 heteroatoms. The first kappa shape index (κ1) is 16.6. The number of hydrogen-bond acceptors (Lipinski definition) is 7. The summed E-state index contributed by atoms with van der Waals surface area (Å²) in [5.74, 6) is 0.330. The summed E-state index contributed by atoms with van der Waals surface area (Å²) >= 11 is 1.71. The van der Waals surface area contributed by atoms with Crippen LogP contribution in [-0.4, -0.2) is 21.1 Å². The van der Waals surface area contributed by atoms with Crippen LogP contribution >= 0.6 is 22.7 Å². The van der Waals surface area contributed by atoms with E-state index >= 15 is 0 Å². The molecule has 0 atom stereocenters. The van der Waals surface area contributed by atoms with Crippen molar-refractivity contribution in [2.45, 2.75) is 19.5 Å². The molecular formula is C13H9F3N4O2S2. The number of rotatable bonds is 4. The Morgan fingerprint density at radius 2 is 2.17 bits per heavy atom. The largest absolute Gasteiger partial charge is 0.445 e. The van der Waals surface area contributed by atoms with Crippen molar-refractivity contribution in [1.29, 1.82) is 0 Å². The quantitative estimate of drug-likeness (QED) is 0.752. The Morgan fingerprint density at radius 1 is 1.38 bits per heavy atom. The Kier molecular flexibility index (Phi) is 4.37. The van der Waals surface area contributed by atoms with E-state index in [0.29, 0.717) is 17.3 Å². The van der Waals surface area contributed by atoms with E-state index < -0.39 is 17.1 Å². The van der Waals surface area contributed by atoms with Crippen molar-refractivity contribution in [3.05, 3.63) is 34.0 Å². The van der Waals surface area contributed by atoms with Crippen LogP contribution in [-0.2, 0) is 17.4 Å². The molecule has 3 aromatic rings. The molecule has 1 N–H and O–H groups in total. The summed E-state index contributed by atoms with van der Waals surface area (Å²) in [6, 6.07) is 3.68. The van der Waals surface area contributed by atoms with Gasteiger partial charge in [0.1, 0.15) is 5.76 Å². The van der Waals surface area contributed by atoms with Gasteiger partial charge < -0.3 is 9.73 Å². The SMILES string of the molecule is Cc1oc(-c2cccs2)nc1CC(=O)Nc1nnc(C(F)(F)F)s1. The van der Waals surface area contributed by atoms with E-state index in [1.165, 1.54) is 11.3 Å². The number of aryl methyl sites for hydroxylation is 1. The Morgan fingerprint density at radius 3 is 2.79 bits per heavy atom. The van der Waals surface area contributed by atoms with Crippen molar-refractivity contribution in [2.75, 3.05) is 5.32 Å². The zero-order valence-electron chi connectivity index (χ0n) is 12.0. The molecule has 0 bridgehead atoms. The molecule has 0 aliphatic carbocycles. The van der Waals surface area contributed by atoms with Crippen molar-refractivity contribution in [3.63, 3.8) is 0 Å². The molecule has 24 heavy (non-hydrogen) atoms. The lowest BCUT2D eigenvalue weighted by molar-refractivity contribution is -0.138. The maximum Gasteiger partial charge on any atom is 0.445 e. The van der Waals surface area contributed by atoms with Crippen molar-refractivity contribution in [3.8, 4) is 10.8 Å². The van der Waals surface area contributed by atoms with Crippen molar-refractivity contribution >= 4 is 33.7 Å². The number of aromatic nitrogens is 3. The number of carbonyl (C=O) groups excluding carboxylic acids is 1. The molecule has 3 aromatic heterocycles. The van der Waals surface area contributed by atoms with Gasteiger partial charge in [-0.25, -0.2) is 4.98 Å². The lowest BCUT2D eigenvalue weighted by Gasteiger charge is -1.99. The molecule has 0 saturated carbocycles. The van der Waals surface area contributed by atoms with Crippen LogP contribution in [0.15, 0.2) is 21.9 Å². The van der Waals surface area contributed by atoms with E-state index in [0.717, 1.165) is 4.88 Å². The third-order valence-corrected chi connectivity index (χ3v) is 4.61. The number of anilines is 1. The summed E-state index contributed by atoms with van der Waals surface area (Å²) < 4.78 is 42.9. The highest BCUT2D eigenvalue weighted by Crippen LogP contribution is 2.33. The van der Waals surface area contributed by atoms with E-state index in [4.69, 9.17) is 4.42 Å². The average molecular weight is 374 g/mol. The highest BCUT2D eigenvalue weighted by atomic mass is 32.1. The van der Waals surface area contributed by atoms with Gasteiger partial charge in [-0.05, 0) is 18.4 Å². The summed E-state index contributed by atoms with van der Waals surface area (Å²) in [5, 5.41) is 9.13. The van der Waals surface area contributed by atoms with Gasteiger partial charge in [0.15, 0.2) is 0 Å². The van der Waals surface area contributed by atoms with Crippen molar-refractivity contribution in [2.24, 2.45) is 0 Å².